The van der Waals surface area contributed by atoms with Crippen LogP contribution in [-0.4, -0.2) is 11.7 Å². The number of hydrogen-bond donors (Lipinski definition) is 1. The molecule has 0 aliphatic rings. The van der Waals surface area contributed by atoms with Crippen molar-refractivity contribution in [1.82, 2.24) is 0 Å². The SMILES string of the molecule is CCc1cc(OCCC(C)CCCC(C)C)c(CC)cc1O. The zero-order chi connectivity index (χ0) is 16.5. The van der Waals surface area contributed by atoms with Crippen molar-refractivity contribution in [2.45, 2.75) is 73.1 Å². The first kappa shape index (κ1) is 18.9. The third-order valence-electron chi connectivity index (χ3n) is 4.37. The topological polar surface area (TPSA) is 29.5 Å². The quantitative estimate of drug-likeness (QED) is 0.596. The fourth-order valence-corrected chi connectivity index (χ4v) is 2.74. The minimum absolute atomic E-state index is 0.397. The number of aryl methyl sites for hydroxylation is 2. The van der Waals surface area contributed by atoms with Gasteiger partial charge in [-0.3, -0.25) is 0 Å². The lowest BCUT2D eigenvalue weighted by Crippen LogP contribution is -2.06. The van der Waals surface area contributed by atoms with E-state index in [0.717, 1.165) is 48.7 Å². The van der Waals surface area contributed by atoms with Crippen molar-refractivity contribution in [3.63, 3.8) is 0 Å². The van der Waals surface area contributed by atoms with Crippen molar-refractivity contribution < 1.29 is 9.84 Å². The third-order valence-corrected chi connectivity index (χ3v) is 4.37. The Labute approximate surface area is 136 Å². The number of ether oxygens (including phenoxy) is 1. The largest absolute Gasteiger partial charge is 0.508 e. The lowest BCUT2D eigenvalue weighted by molar-refractivity contribution is 0.273. The Hall–Kier alpha value is -1.18. The van der Waals surface area contributed by atoms with Crippen LogP contribution in [0.2, 0.25) is 0 Å². The molecule has 0 spiro atoms. The summed E-state index contributed by atoms with van der Waals surface area (Å²) in [5, 5.41) is 9.95. The van der Waals surface area contributed by atoms with E-state index in [4.69, 9.17) is 4.74 Å². The van der Waals surface area contributed by atoms with E-state index in [0.29, 0.717) is 11.7 Å². The lowest BCUT2D eigenvalue weighted by Gasteiger charge is -2.16. The molecule has 0 aliphatic heterocycles. The molecule has 0 bridgehead atoms. The molecule has 22 heavy (non-hydrogen) atoms. The summed E-state index contributed by atoms with van der Waals surface area (Å²) in [5.74, 6) is 2.87. The molecule has 1 rings (SSSR count). The molecule has 2 heteroatoms. The Morgan fingerprint density at radius 2 is 1.64 bits per heavy atom. The van der Waals surface area contributed by atoms with Crippen LogP contribution in [0.4, 0.5) is 0 Å². The van der Waals surface area contributed by atoms with Gasteiger partial charge in [0.1, 0.15) is 11.5 Å². The predicted octanol–water partition coefficient (Wildman–Crippen LogP) is 5.75. The maximum atomic E-state index is 9.95. The number of aromatic hydroxyl groups is 1. The number of phenols is 1. The fourth-order valence-electron chi connectivity index (χ4n) is 2.74. The maximum Gasteiger partial charge on any atom is 0.123 e. The van der Waals surface area contributed by atoms with Crippen LogP contribution in [-0.2, 0) is 12.8 Å². The van der Waals surface area contributed by atoms with Crippen LogP contribution in [0, 0.1) is 11.8 Å². The van der Waals surface area contributed by atoms with Crippen LogP contribution in [0.25, 0.3) is 0 Å². The van der Waals surface area contributed by atoms with Crippen molar-refractivity contribution >= 4 is 0 Å². The average molecular weight is 306 g/mol. The molecule has 0 saturated carbocycles. The highest BCUT2D eigenvalue weighted by molar-refractivity contribution is 5.45. The average Bonchev–Trinajstić information content (AvgIpc) is 2.47. The van der Waals surface area contributed by atoms with Gasteiger partial charge >= 0.3 is 0 Å². The van der Waals surface area contributed by atoms with Gasteiger partial charge in [-0.05, 0) is 54.4 Å². The summed E-state index contributed by atoms with van der Waals surface area (Å²) in [6.07, 6.45) is 6.75. The molecular formula is C20H34O2. The van der Waals surface area contributed by atoms with Gasteiger partial charge in [0, 0.05) is 0 Å². The molecule has 126 valence electrons. The van der Waals surface area contributed by atoms with E-state index in [1.54, 1.807) is 0 Å². The maximum absolute atomic E-state index is 9.95. The molecule has 1 aromatic rings. The first-order valence-corrected chi connectivity index (χ1v) is 8.95. The second kappa shape index (κ2) is 9.76. The van der Waals surface area contributed by atoms with Crippen molar-refractivity contribution in [3.05, 3.63) is 23.3 Å². The molecule has 0 aliphatic carbocycles. The summed E-state index contributed by atoms with van der Waals surface area (Å²) < 4.78 is 6.01. The summed E-state index contributed by atoms with van der Waals surface area (Å²) in [5.41, 5.74) is 2.07. The number of benzene rings is 1. The number of hydrogen-bond acceptors (Lipinski definition) is 2. The first-order valence-electron chi connectivity index (χ1n) is 8.95. The van der Waals surface area contributed by atoms with E-state index in [2.05, 4.69) is 34.6 Å². The van der Waals surface area contributed by atoms with Crippen LogP contribution in [0.1, 0.15) is 71.4 Å². The monoisotopic (exact) mass is 306 g/mol. The normalized spacial score (nSPS) is 12.6. The summed E-state index contributed by atoms with van der Waals surface area (Å²) in [6, 6.07) is 3.87. The standard InChI is InChI=1S/C20H34O2/c1-6-17-14-20(18(7-2)13-19(17)21)22-12-11-16(5)10-8-9-15(3)4/h13-16,21H,6-12H2,1-5H3. The highest BCUT2D eigenvalue weighted by atomic mass is 16.5. The molecule has 0 saturated heterocycles. The van der Waals surface area contributed by atoms with Gasteiger partial charge in [0.2, 0.25) is 0 Å². The molecule has 0 fully saturated rings. The van der Waals surface area contributed by atoms with Gasteiger partial charge < -0.3 is 9.84 Å². The van der Waals surface area contributed by atoms with Gasteiger partial charge in [-0.25, -0.2) is 0 Å². The Kier molecular flexibility index (Phi) is 8.37. The zero-order valence-electron chi connectivity index (χ0n) is 15.1. The van der Waals surface area contributed by atoms with Gasteiger partial charge in [0.15, 0.2) is 0 Å². The molecule has 1 aromatic carbocycles. The Balaban J connectivity index is 2.47. The van der Waals surface area contributed by atoms with E-state index in [1.165, 1.54) is 19.3 Å². The van der Waals surface area contributed by atoms with Crippen LogP contribution < -0.4 is 4.74 Å². The molecular weight excluding hydrogens is 272 g/mol. The second-order valence-corrected chi connectivity index (χ2v) is 6.86. The smallest absolute Gasteiger partial charge is 0.123 e. The molecule has 0 radical (unpaired) electrons. The number of phenolic OH excluding ortho intramolecular Hbond substituents is 1. The van der Waals surface area contributed by atoms with Crippen LogP contribution in [0.5, 0.6) is 11.5 Å². The molecule has 1 N–H and O–H groups in total. The van der Waals surface area contributed by atoms with Crippen LogP contribution in [0.15, 0.2) is 12.1 Å². The Morgan fingerprint density at radius 3 is 2.23 bits per heavy atom. The molecule has 1 unspecified atom stereocenters. The molecule has 2 nitrogen and oxygen atoms in total. The molecule has 0 aromatic heterocycles. The summed E-state index contributed by atoms with van der Waals surface area (Å²) >= 11 is 0. The van der Waals surface area contributed by atoms with E-state index < -0.39 is 0 Å². The highest BCUT2D eigenvalue weighted by Crippen LogP contribution is 2.29. The minimum atomic E-state index is 0.397. The second-order valence-electron chi connectivity index (χ2n) is 6.86. The van der Waals surface area contributed by atoms with E-state index in [-0.39, 0.29) is 0 Å². The highest BCUT2D eigenvalue weighted by Gasteiger charge is 2.09. The van der Waals surface area contributed by atoms with Gasteiger partial charge in [0.05, 0.1) is 6.61 Å². The van der Waals surface area contributed by atoms with Gasteiger partial charge in [-0.1, -0.05) is 53.9 Å². The molecule has 0 heterocycles. The van der Waals surface area contributed by atoms with Crippen molar-refractivity contribution in [3.8, 4) is 11.5 Å². The summed E-state index contributed by atoms with van der Waals surface area (Å²) in [6.45, 7) is 11.8. The van der Waals surface area contributed by atoms with Gasteiger partial charge in [-0.15, -0.1) is 0 Å². The third kappa shape index (κ3) is 6.29. The predicted molar refractivity (Wildman–Crippen MR) is 94.8 cm³/mol. The van der Waals surface area contributed by atoms with E-state index >= 15 is 0 Å². The van der Waals surface area contributed by atoms with Gasteiger partial charge in [0.25, 0.3) is 0 Å². The van der Waals surface area contributed by atoms with Crippen molar-refractivity contribution in [1.29, 1.82) is 0 Å². The molecule has 0 amide bonds. The Morgan fingerprint density at radius 1 is 0.955 bits per heavy atom. The lowest BCUT2D eigenvalue weighted by atomic mass is 9.97. The first-order chi connectivity index (χ1) is 10.5. The van der Waals surface area contributed by atoms with Crippen LogP contribution in [0.3, 0.4) is 0 Å². The van der Waals surface area contributed by atoms with E-state index in [1.807, 2.05) is 12.1 Å². The van der Waals surface area contributed by atoms with E-state index in [9.17, 15) is 5.11 Å². The minimum Gasteiger partial charge on any atom is -0.508 e. The number of rotatable bonds is 10. The van der Waals surface area contributed by atoms with Crippen molar-refractivity contribution in [2.24, 2.45) is 11.8 Å². The molecule has 1 atom stereocenters. The summed E-state index contributed by atoms with van der Waals surface area (Å²) in [4.78, 5) is 0. The van der Waals surface area contributed by atoms with Crippen molar-refractivity contribution in [2.75, 3.05) is 6.61 Å². The van der Waals surface area contributed by atoms with Crippen LogP contribution >= 0.6 is 0 Å². The fraction of sp³-hybridized carbons (Fsp3) is 0.700. The summed E-state index contributed by atoms with van der Waals surface area (Å²) in [7, 11) is 0. The zero-order valence-corrected chi connectivity index (χ0v) is 15.1. The van der Waals surface area contributed by atoms with Gasteiger partial charge in [-0.2, -0.15) is 0 Å². The Bertz CT molecular complexity index is 438.